The first-order valence-corrected chi connectivity index (χ1v) is 12.4. The van der Waals surface area contributed by atoms with E-state index >= 15 is 0 Å². The Morgan fingerprint density at radius 3 is 2.77 bits per heavy atom. The van der Waals surface area contributed by atoms with Gasteiger partial charge in [0.2, 0.25) is 5.82 Å². The van der Waals surface area contributed by atoms with Gasteiger partial charge in [-0.15, -0.1) is 10.2 Å². The molecule has 0 amide bonds. The largest absolute Gasteiger partial charge is 0.381 e. The molecule has 14 heteroatoms. The fraction of sp³-hybridized carbons (Fsp3) is 0.192. The molecule has 0 saturated carbocycles. The Balaban J connectivity index is 1.51. The number of nitrogen functional groups attached to an aromatic ring is 1. The number of nitrogens with zero attached hydrogens (tertiary/aromatic N) is 9. The summed E-state index contributed by atoms with van der Waals surface area (Å²) >= 11 is 6.17. The molecule has 0 fully saturated rings. The first-order valence-electron chi connectivity index (χ1n) is 13.5. The summed E-state index contributed by atoms with van der Waals surface area (Å²) in [5.74, 6) is -0.974. The van der Waals surface area contributed by atoms with Crippen LogP contribution in [0.2, 0.25) is 5.15 Å². The highest BCUT2D eigenvalue weighted by molar-refractivity contribution is 6.29. The van der Waals surface area contributed by atoms with E-state index in [1.54, 1.807) is 36.0 Å². The van der Waals surface area contributed by atoms with Gasteiger partial charge in [0, 0.05) is 22.9 Å². The molecule has 12 nitrogen and oxygen atoms in total. The van der Waals surface area contributed by atoms with Crippen molar-refractivity contribution in [2.75, 3.05) is 11.1 Å². The van der Waals surface area contributed by atoms with Crippen molar-refractivity contribution in [3.8, 4) is 22.8 Å². The number of hydrogen-bond acceptors (Lipinski definition) is 9. The fourth-order valence-electron chi connectivity index (χ4n) is 4.80. The maximum absolute atomic E-state index is 14.3. The molecule has 5 heterocycles. The number of nitrogens with two attached hydrogens (primary N) is 1. The van der Waals surface area contributed by atoms with Crippen molar-refractivity contribution in [2.45, 2.75) is 19.9 Å². The number of nitrogens with one attached hydrogen (secondary N) is 1. The van der Waals surface area contributed by atoms with E-state index in [-0.39, 0.29) is 28.0 Å². The Morgan fingerprint density at radius 2 is 2.02 bits per heavy atom. The zero-order chi connectivity index (χ0) is 30.8. The van der Waals surface area contributed by atoms with Crippen molar-refractivity contribution in [1.82, 2.24) is 44.1 Å². The molecule has 0 radical (unpaired) electrons. The van der Waals surface area contributed by atoms with Crippen LogP contribution >= 0.6 is 11.6 Å². The lowest BCUT2D eigenvalue weighted by Crippen LogP contribution is -2.21. The number of pyridine rings is 2. The van der Waals surface area contributed by atoms with Crippen LogP contribution in [0.3, 0.4) is 0 Å². The van der Waals surface area contributed by atoms with Gasteiger partial charge in [-0.25, -0.2) is 19.3 Å². The highest BCUT2D eigenvalue weighted by Crippen LogP contribution is 2.33. The molecule has 0 aliphatic carbocycles. The molecule has 0 aliphatic heterocycles. The Hall–Kier alpha value is -4.91. The molecule has 6 aromatic rings. The van der Waals surface area contributed by atoms with Crippen molar-refractivity contribution in [1.29, 1.82) is 0 Å². The molecule has 0 aliphatic rings. The first-order chi connectivity index (χ1) is 20.3. The number of fused-ring (bicyclic) bond motifs is 3. The normalized spacial score (nSPS) is 13.8. The number of imidazole rings is 1. The summed E-state index contributed by atoms with van der Waals surface area (Å²) in [6.07, 6.45) is 2.97. The number of aromatic nitrogens is 9. The minimum Gasteiger partial charge on any atom is -0.381 e. The standard InChI is InChI=1S/C26H23ClFN11O/c1-12-7-15(13(2)32-18-5-6-19(27)33-21(18)24-34-36-38(4)35-24)22-16(8-12)26(40)37(3)25-20(31-11-39(22)25)14-9-17(28)23(29)30-10-14/h5-11,13,32H,1-4H3,(H2,29,30)/i4D3. The summed E-state index contributed by atoms with van der Waals surface area (Å²) in [5.41, 5.74) is 9.24. The third-order valence-corrected chi connectivity index (χ3v) is 6.80. The van der Waals surface area contributed by atoms with Crippen LogP contribution in [-0.4, -0.2) is 44.1 Å². The van der Waals surface area contributed by atoms with Crippen LogP contribution < -0.4 is 16.6 Å². The quantitative estimate of drug-likeness (QED) is 0.300. The molecule has 1 atom stereocenters. The van der Waals surface area contributed by atoms with Gasteiger partial charge in [-0.2, -0.15) is 4.80 Å². The Bertz CT molecular complexity index is 2120. The molecule has 1 unspecified atom stereocenters. The highest BCUT2D eigenvalue weighted by atomic mass is 35.5. The number of anilines is 2. The van der Waals surface area contributed by atoms with E-state index in [9.17, 15) is 9.18 Å². The molecule has 3 N–H and O–H groups in total. The zero-order valence-corrected chi connectivity index (χ0v) is 22.1. The van der Waals surface area contributed by atoms with E-state index in [1.807, 2.05) is 19.9 Å². The molecule has 0 bridgehead atoms. The molecule has 202 valence electrons. The lowest BCUT2D eigenvalue weighted by molar-refractivity contribution is 0.628. The van der Waals surface area contributed by atoms with Crippen LogP contribution in [0, 0.1) is 12.7 Å². The molecule has 40 heavy (non-hydrogen) atoms. The zero-order valence-electron chi connectivity index (χ0n) is 24.4. The number of aryl methyl sites for hydroxylation is 3. The van der Waals surface area contributed by atoms with Crippen molar-refractivity contribution < 1.29 is 8.50 Å². The van der Waals surface area contributed by atoms with Crippen LogP contribution in [0.15, 0.2) is 47.7 Å². The second-order valence-electron chi connectivity index (χ2n) is 9.29. The minimum atomic E-state index is -2.62. The van der Waals surface area contributed by atoms with Gasteiger partial charge in [0.05, 0.1) is 29.6 Å². The number of benzene rings is 1. The van der Waals surface area contributed by atoms with Crippen molar-refractivity contribution in [3.05, 3.63) is 75.3 Å². The molecule has 5 aromatic heterocycles. The average molecular weight is 563 g/mol. The van der Waals surface area contributed by atoms with Crippen LogP contribution in [0.1, 0.15) is 28.2 Å². The number of rotatable bonds is 5. The van der Waals surface area contributed by atoms with Gasteiger partial charge in [-0.1, -0.05) is 17.7 Å². The van der Waals surface area contributed by atoms with Crippen LogP contribution in [0.4, 0.5) is 15.9 Å². The second kappa shape index (κ2) is 9.38. The molecule has 6 rings (SSSR count). The first kappa shape index (κ1) is 22.0. The summed E-state index contributed by atoms with van der Waals surface area (Å²) in [4.78, 5) is 27.0. The van der Waals surface area contributed by atoms with Gasteiger partial charge in [-0.05, 0) is 54.5 Å². The van der Waals surface area contributed by atoms with E-state index < -0.39 is 18.8 Å². The maximum atomic E-state index is 14.3. The fourth-order valence-corrected chi connectivity index (χ4v) is 4.94. The third-order valence-electron chi connectivity index (χ3n) is 6.59. The van der Waals surface area contributed by atoms with E-state index in [2.05, 4.69) is 35.7 Å². The SMILES string of the molecule is [2H]C([2H])([2H])n1nnc(-c2nc(Cl)ccc2NC(C)c2cc(C)cc3c(=O)n(C)c4c(-c5cnc(N)c(F)c5)ncn4c23)n1. The van der Waals surface area contributed by atoms with Gasteiger partial charge in [0.15, 0.2) is 11.6 Å². The van der Waals surface area contributed by atoms with Crippen LogP contribution in [0.25, 0.3) is 39.3 Å². The number of hydrogen-bond donors (Lipinski definition) is 2. The van der Waals surface area contributed by atoms with Crippen molar-refractivity contribution >= 4 is 39.7 Å². The average Bonchev–Trinajstić information content (AvgIpc) is 3.62. The highest BCUT2D eigenvalue weighted by Gasteiger charge is 2.22. The smallest absolute Gasteiger partial charge is 0.261 e. The minimum absolute atomic E-state index is 0.0396. The van der Waals surface area contributed by atoms with Gasteiger partial charge < -0.3 is 11.1 Å². The Labute approximate surface area is 235 Å². The Morgan fingerprint density at radius 1 is 1.20 bits per heavy atom. The summed E-state index contributed by atoms with van der Waals surface area (Å²) < 4.78 is 40.2. The third kappa shape index (κ3) is 4.11. The monoisotopic (exact) mass is 562 g/mol. The second-order valence-corrected chi connectivity index (χ2v) is 9.68. The lowest BCUT2D eigenvalue weighted by atomic mass is 10.0. The molecular formula is C26H23ClFN11O. The number of tetrazole rings is 1. The summed E-state index contributed by atoms with van der Waals surface area (Å²) in [6.45, 7) is 1.15. The molecule has 1 aromatic carbocycles. The van der Waals surface area contributed by atoms with E-state index in [1.165, 1.54) is 16.8 Å². The van der Waals surface area contributed by atoms with Gasteiger partial charge in [-0.3, -0.25) is 13.8 Å². The number of halogens is 2. The molecule has 0 saturated heterocycles. The van der Waals surface area contributed by atoms with E-state index in [4.69, 9.17) is 21.4 Å². The summed E-state index contributed by atoms with van der Waals surface area (Å²) in [5, 5.41) is 15.4. The summed E-state index contributed by atoms with van der Waals surface area (Å²) in [7, 11) is 1.62. The van der Waals surface area contributed by atoms with Crippen LogP contribution in [-0.2, 0) is 14.0 Å². The summed E-state index contributed by atoms with van der Waals surface area (Å²) in [6, 6.07) is 7.75. The topological polar surface area (TPSA) is 147 Å². The van der Waals surface area contributed by atoms with E-state index in [0.29, 0.717) is 38.3 Å². The maximum Gasteiger partial charge on any atom is 0.261 e. The predicted molar refractivity (Wildman–Crippen MR) is 149 cm³/mol. The van der Waals surface area contributed by atoms with E-state index in [0.717, 1.165) is 11.1 Å². The predicted octanol–water partition coefficient (Wildman–Crippen LogP) is 3.69. The molecule has 0 spiro atoms. The van der Waals surface area contributed by atoms with Gasteiger partial charge in [0.25, 0.3) is 5.56 Å². The van der Waals surface area contributed by atoms with Crippen molar-refractivity contribution in [3.63, 3.8) is 0 Å². The van der Waals surface area contributed by atoms with Gasteiger partial charge >= 0.3 is 0 Å². The van der Waals surface area contributed by atoms with Crippen LogP contribution in [0.5, 0.6) is 0 Å². The lowest BCUT2D eigenvalue weighted by Gasteiger charge is -2.21. The Kier molecular flexibility index (Phi) is 5.15. The van der Waals surface area contributed by atoms with Crippen molar-refractivity contribution in [2.24, 2.45) is 14.0 Å². The van der Waals surface area contributed by atoms with Gasteiger partial charge in [0.1, 0.15) is 28.5 Å². The molecular weight excluding hydrogens is 537 g/mol.